The summed E-state index contributed by atoms with van der Waals surface area (Å²) < 4.78 is 5.89. The van der Waals surface area contributed by atoms with Crippen molar-refractivity contribution in [3.63, 3.8) is 0 Å². The Kier molecular flexibility index (Phi) is 4.17. The first kappa shape index (κ1) is 14.6. The van der Waals surface area contributed by atoms with Crippen LogP contribution in [0.2, 0.25) is 0 Å². The molecule has 0 amide bonds. The van der Waals surface area contributed by atoms with Gasteiger partial charge in [0.05, 0.1) is 5.56 Å². The van der Waals surface area contributed by atoms with Crippen LogP contribution in [0.25, 0.3) is 0 Å². The Labute approximate surface area is 121 Å². The third-order valence-electron chi connectivity index (χ3n) is 3.30. The molecule has 4 nitrogen and oxygen atoms in total. The van der Waals surface area contributed by atoms with E-state index in [0.29, 0.717) is 11.8 Å². The van der Waals surface area contributed by atoms with Crippen LogP contribution < -0.4 is 10.1 Å². The summed E-state index contributed by atoms with van der Waals surface area (Å²) in [6, 6.07) is 0. The van der Waals surface area contributed by atoms with Gasteiger partial charge in [0.15, 0.2) is 5.60 Å². The van der Waals surface area contributed by atoms with E-state index in [2.05, 4.69) is 28.1 Å². The third-order valence-corrected chi connectivity index (χ3v) is 3.30. The molecule has 20 heavy (non-hydrogen) atoms. The van der Waals surface area contributed by atoms with E-state index in [1.807, 2.05) is 20.8 Å². The average molecular weight is 273 g/mol. The van der Waals surface area contributed by atoms with Gasteiger partial charge in [0.2, 0.25) is 5.88 Å². The Hall–Kier alpha value is -1.76. The van der Waals surface area contributed by atoms with E-state index in [0.717, 1.165) is 43.0 Å². The zero-order chi connectivity index (χ0) is 14.8. The van der Waals surface area contributed by atoms with Gasteiger partial charge in [0, 0.05) is 12.5 Å². The summed E-state index contributed by atoms with van der Waals surface area (Å²) in [5.41, 5.74) is 0.258. The second-order valence-corrected chi connectivity index (χ2v) is 5.82. The number of hydrogen-bond donors (Lipinski definition) is 1. The summed E-state index contributed by atoms with van der Waals surface area (Å²) >= 11 is 0. The minimum Gasteiger partial charge on any atom is -0.458 e. The van der Waals surface area contributed by atoms with Crippen molar-refractivity contribution in [2.75, 3.05) is 11.9 Å². The largest absolute Gasteiger partial charge is 0.458 e. The molecule has 1 aliphatic rings. The van der Waals surface area contributed by atoms with Gasteiger partial charge in [-0.2, -0.15) is 4.98 Å². The fourth-order valence-electron chi connectivity index (χ4n) is 1.82. The lowest BCUT2D eigenvalue weighted by molar-refractivity contribution is 0.162. The molecule has 0 atom stereocenters. The molecule has 108 valence electrons. The molecular formula is C16H23N3O. The quantitative estimate of drug-likeness (QED) is 0.808. The maximum atomic E-state index is 5.89. The molecule has 0 aromatic carbocycles. The van der Waals surface area contributed by atoms with Crippen molar-refractivity contribution in [3.05, 3.63) is 11.4 Å². The van der Waals surface area contributed by atoms with E-state index in [-0.39, 0.29) is 0 Å². The molecule has 4 heteroatoms. The first-order valence-electron chi connectivity index (χ1n) is 7.26. The van der Waals surface area contributed by atoms with Gasteiger partial charge in [-0.3, -0.25) is 0 Å². The molecule has 0 aliphatic heterocycles. The summed E-state index contributed by atoms with van der Waals surface area (Å²) in [6.45, 7) is 8.72. The highest BCUT2D eigenvalue weighted by Crippen LogP contribution is 2.40. The van der Waals surface area contributed by atoms with Gasteiger partial charge in [0.1, 0.15) is 11.6 Å². The van der Waals surface area contributed by atoms with Crippen LogP contribution in [0, 0.1) is 19.3 Å². The third kappa shape index (κ3) is 3.41. The minimum atomic E-state index is -0.665. The number of ether oxygens (including phenoxy) is 1. The van der Waals surface area contributed by atoms with Gasteiger partial charge in [0.25, 0.3) is 0 Å². The van der Waals surface area contributed by atoms with E-state index in [1.54, 1.807) is 0 Å². The minimum absolute atomic E-state index is 0.481. The standard InChI is InChI=1S/C16H23N3O/c1-6-10-17-13-11(3)15(20-16(4,5)7-2)19-14(18-13)12-8-9-12/h2,12H,6,8-10H2,1,3-5H3,(H,17,18,19). The fraction of sp³-hybridized carbons (Fsp3) is 0.625. The van der Waals surface area contributed by atoms with Gasteiger partial charge in [-0.15, -0.1) is 6.42 Å². The highest BCUT2D eigenvalue weighted by Gasteiger charge is 2.29. The predicted octanol–water partition coefficient (Wildman–Crippen LogP) is 3.27. The van der Waals surface area contributed by atoms with Crippen molar-refractivity contribution in [2.24, 2.45) is 0 Å². The SMILES string of the molecule is C#CC(C)(C)Oc1nc(C2CC2)nc(NCCC)c1C. The summed E-state index contributed by atoms with van der Waals surface area (Å²) in [7, 11) is 0. The predicted molar refractivity (Wildman–Crippen MR) is 81.1 cm³/mol. The van der Waals surface area contributed by atoms with Crippen molar-refractivity contribution >= 4 is 5.82 Å². The number of rotatable bonds is 6. The Balaban J connectivity index is 2.33. The lowest BCUT2D eigenvalue weighted by atomic mass is 10.1. The molecule has 0 saturated heterocycles. The van der Waals surface area contributed by atoms with Crippen molar-refractivity contribution in [1.29, 1.82) is 0 Å². The van der Waals surface area contributed by atoms with Gasteiger partial charge in [-0.1, -0.05) is 12.8 Å². The average Bonchev–Trinajstić information content (AvgIpc) is 3.24. The van der Waals surface area contributed by atoms with Crippen LogP contribution in [0.15, 0.2) is 0 Å². The first-order valence-corrected chi connectivity index (χ1v) is 7.26. The molecule has 0 unspecified atom stereocenters. The van der Waals surface area contributed by atoms with Gasteiger partial charge in [-0.25, -0.2) is 4.98 Å². The second kappa shape index (κ2) is 5.70. The molecule has 1 aromatic heterocycles. The monoisotopic (exact) mass is 273 g/mol. The van der Waals surface area contributed by atoms with E-state index in [4.69, 9.17) is 11.2 Å². The van der Waals surface area contributed by atoms with Gasteiger partial charge in [-0.05, 0) is 40.0 Å². The molecular weight excluding hydrogens is 250 g/mol. The zero-order valence-electron chi connectivity index (χ0n) is 12.8. The Bertz CT molecular complexity index is 527. The maximum absolute atomic E-state index is 5.89. The van der Waals surface area contributed by atoms with Crippen molar-refractivity contribution in [3.8, 4) is 18.2 Å². The number of nitrogens with one attached hydrogen (secondary N) is 1. The van der Waals surface area contributed by atoms with Crippen LogP contribution in [-0.2, 0) is 0 Å². The van der Waals surface area contributed by atoms with Crippen molar-refractivity contribution in [1.82, 2.24) is 9.97 Å². The van der Waals surface area contributed by atoms with Gasteiger partial charge < -0.3 is 10.1 Å². The van der Waals surface area contributed by atoms with E-state index in [9.17, 15) is 0 Å². The molecule has 0 spiro atoms. The fourth-order valence-corrected chi connectivity index (χ4v) is 1.82. The number of aromatic nitrogens is 2. The first-order chi connectivity index (χ1) is 9.46. The Morgan fingerprint density at radius 1 is 1.40 bits per heavy atom. The second-order valence-electron chi connectivity index (χ2n) is 5.82. The van der Waals surface area contributed by atoms with E-state index < -0.39 is 5.60 Å². The molecule has 1 heterocycles. The smallest absolute Gasteiger partial charge is 0.223 e. The topological polar surface area (TPSA) is 47.0 Å². The lowest BCUT2D eigenvalue weighted by Crippen LogP contribution is -2.27. The lowest BCUT2D eigenvalue weighted by Gasteiger charge is -2.22. The van der Waals surface area contributed by atoms with Crippen LogP contribution in [0.4, 0.5) is 5.82 Å². The van der Waals surface area contributed by atoms with Crippen LogP contribution in [0.5, 0.6) is 5.88 Å². The molecule has 0 bridgehead atoms. The van der Waals surface area contributed by atoms with Crippen molar-refractivity contribution < 1.29 is 4.74 Å². The van der Waals surface area contributed by atoms with Crippen molar-refractivity contribution in [2.45, 2.75) is 58.5 Å². The van der Waals surface area contributed by atoms with Crippen LogP contribution in [-0.4, -0.2) is 22.1 Å². The number of nitrogens with zero attached hydrogens (tertiary/aromatic N) is 2. The Morgan fingerprint density at radius 2 is 2.10 bits per heavy atom. The van der Waals surface area contributed by atoms with Crippen LogP contribution in [0.1, 0.15) is 57.3 Å². The summed E-state index contributed by atoms with van der Waals surface area (Å²) in [6.07, 6.45) is 8.87. The van der Waals surface area contributed by atoms with Crippen LogP contribution in [0.3, 0.4) is 0 Å². The zero-order valence-corrected chi connectivity index (χ0v) is 12.8. The van der Waals surface area contributed by atoms with Gasteiger partial charge >= 0.3 is 0 Å². The van der Waals surface area contributed by atoms with Crippen LogP contribution >= 0.6 is 0 Å². The maximum Gasteiger partial charge on any atom is 0.223 e. The normalized spacial score (nSPS) is 14.8. The van der Waals surface area contributed by atoms with E-state index in [1.165, 1.54) is 0 Å². The summed E-state index contributed by atoms with van der Waals surface area (Å²) in [4.78, 5) is 9.20. The molecule has 1 N–H and O–H groups in total. The molecule has 1 aromatic rings. The molecule has 1 aliphatic carbocycles. The molecule has 2 rings (SSSR count). The Morgan fingerprint density at radius 3 is 2.65 bits per heavy atom. The molecule has 0 radical (unpaired) electrons. The number of anilines is 1. The number of hydrogen-bond acceptors (Lipinski definition) is 4. The highest BCUT2D eigenvalue weighted by atomic mass is 16.5. The van der Waals surface area contributed by atoms with E-state index >= 15 is 0 Å². The molecule has 1 fully saturated rings. The summed E-state index contributed by atoms with van der Waals surface area (Å²) in [5, 5.41) is 3.35. The highest BCUT2D eigenvalue weighted by molar-refractivity contribution is 5.49. The summed E-state index contributed by atoms with van der Waals surface area (Å²) in [5.74, 6) is 5.46. The number of terminal acetylenes is 1. The molecule has 1 saturated carbocycles.